The van der Waals surface area contributed by atoms with Crippen molar-refractivity contribution in [3.8, 4) is 5.75 Å². The molecule has 0 unspecified atom stereocenters. The van der Waals surface area contributed by atoms with E-state index < -0.39 is 5.54 Å². The molecular formula is C13H18N2O2. The van der Waals surface area contributed by atoms with E-state index in [1.165, 1.54) is 0 Å². The van der Waals surface area contributed by atoms with Gasteiger partial charge in [-0.3, -0.25) is 4.79 Å². The standard InChI is InChI=1S/C13H18N2O2/c1-2-17-11-6-3-5-10(9-11)15-12(16)13(14)7-4-8-13/h3,5-6,9H,2,4,7-8,14H2,1H3,(H,15,16). The van der Waals surface area contributed by atoms with Gasteiger partial charge in [-0.15, -0.1) is 0 Å². The second-order valence-corrected chi connectivity index (χ2v) is 4.42. The third-order valence-electron chi connectivity index (χ3n) is 3.10. The minimum Gasteiger partial charge on any atom is -0.494 e. The van der Waals surface area contributed by atoms with E-state index in [1.54, 1.807) is 0 Å². The highest BCUT2D eigenvalue weighted by Crippen LogP contribution is 2.30. The molecule has 0 spiro atoms. The van der Waals surface area contributed by atoms with Crippen LogP contribution in [0.1, 0.15) is 26.2 Å². The number of carbonyl (C=O) groups excluding carboxylic acids is 1. The Hall–Kier alpha value is -1.55. The Morgan fingerprint density at radius 3 is 2.88 bits per heavy atom. The lowest BCUT2D eigenvalue weighted by atomic mass is 9.77. The lowest BCUT2D eigenvalue weighted by molar-refractivity contribution is -0.123. The number of ether oxygens (including phenoxy) is 1. The van der Waals surface area contributed by atoms with Gasteiger partial charge >= 0.3 is 0 Å². The molecule has 1 aliphatic rings. The first-order chi connectivity index (χ1) is 8.14. The van der Waals surface area contributed by atoms with Crippen LogP contribution in [0, 0.1) is 0 Å². The van der Waals surface area contributed by atoms with Crippen LogP contribution in [0.25, 0.3) is 0 Å². The summed E-state index contributed by atoms with van der Waals surface area (Å²) in [6.07, 6.45) is 2.57. The van der Waals surface area contributed by atoms with Crippen LogP contribution in [0.5, 0.6) is 5.75 Å². The molecule has 0 atom stereocenters. The zero-order chi connectivity index (χ0) is 12.3. The maximum Gasteiger partial charge on any atom is 0.244 e. The fraction of sp³-hybridized carbons (Fsp3) is 0.462. The quantitative estimate of drug-likeness (QED) is 0.836. The van der Waals surface area contributed by atoms with Crippen LogP contribution in [-0.2, 0) is 4.79 Å². The molecule has 1 aliphatic carbocycles. The molecule has 0 bridgehead atoms. The summed E-state index contributed by atoms with van der Waals surface area (Å²) in [4.78, 5) is 11.9. The number of benzene rings is 1. The predicted molar refractivity (Wildman–Crippen MR) is 67.0 cm³/mol. The Kier molecular flexibility index (Phi) is 3.33. The second-order valence-electron chi connectivity index (χ2n) is 4.42. The van der Waals surface area contributed by atoms with E-state index in [4.69, 9.17) is 10.5 Å². The zero-order valence-corrected chi connectivity index (χ0v) is 10.0. The van der Waals surface area contributed by atoms with Gasteiger partial charge in [0.25, 0.3) is 0 Å². The number of nitrogens with two attached hydrogens (primary N) is 1. The summed E-state index contributed by atoms with van der Waals surface area (Å²) in [6, 6.07) is 7.36. The van der Waals surface area contributed by atoms with E-state index in [1.807, 2.05) is 31.2 Å². The molecule has 0 aromatic heterocycles. The molecule has 3 N–H and O–H groups in total. The molecule has 0 radical (unpaired) electrons. The van der Waals surface area contributed by atoms with Gasteiger partial charge in [0.05, 0.1) is 12.1 Å². The normalized spacial score (nSPS) is 17.1. The van der Waals surface area contributed by atoms with Gasteiger partial charge in [-0.05, 0) is 38.3 Å². The molecule has 4 heteroatoms. The van der Waals surface area contributed by atoms with Crippen molar-refractivity contribution in [3.05, 3.63) is 24.3 Å². The fourth-order valence-corrected chi connectivity index (χ4v) is 1.87. The smallest absolute Gasteiger partial charge is 0.244 e. The van der Waals surface area contributed by atoms with Crippen molar-refractivity contribution in [3.63, 3.8) is 0 Å². The van der Waals surface area contributed by atoms with Crippen molar-refractivity contribution < 1.29 is 9.53 Å². The Labute approximate surface area is 101 Å². The maximum atomic E-state index is 11.9. The summed E-state index contributed by atoms with van der Waals surface area (Å²) in [6.45, 7) is 2.53. The van der Waals surface area contributed by atoms with Gasteiger partial charge in [0.1, 0.15) is 5.75 Å². The Bertz CT molecular complexity index is 414. The summed E-state index contributed by atoms with van der Waals surface area (Å²) in [5.74, 6) is 0.655. The van der Waals surface area contributed by atoms with Crippen LogP contribution >= 0.6 is 0 Å². The molecule has 92 valence electrons. The second kappa shape index (κ2) is 4.75. The summed E-state index contributed by atoms with van der Waals surface area (Å²) in [5.41, 5.74) is 6.02. The SMILES string of the molecule is CCOc1cccc(NC(=O)C2(N)CCC2)c1. The van der Waals surface area contributed by atoms with Gasteiger partial charge < -0.3 is 15.8 Å². The minimum absolute atomic E-state index is 0.0996. The van der Waals surface area contributed by atoms with Gasteiger partial charge in [-0.25, -0.2) is 0 Å². The van der Waals surface area contributed by atoms with Gasteiger partial charge in [0.2, 0.25) is 5.91 Å². The van der Waals surface area contributed by atoms with Crippen LogP contribution in [0.2, 0.25) is 0 Å². The number of hydrogen-bond acceptors (Lipinski definition) is 3. The number of nitrogens with one attached hydrogen (secondary N) is 1. The average Bonchev–Trinajstić information content (AvgIpc) is 2.26. The number of anilines is 1. The van der Waals surface area contributed by atoms with Crippen LogP contribution in [0.4, 0.5) is 5.69 Å². The van der Waals surface area contributed by atoms with Gasteiger partial charge in [-0.1, -0.05) is 6.07 Å². The fourth-order valence-electron chi connectivity index (χ4n) is 1.87. The summed E-state index contributed by atoms with van der Waals surface area (Å²) < 4.78 is 5.37. The highest BCUT2D eigenvalue weighted by molar-refractivity contribution is 5.98. The van der Waals surface area contributed by atoms with E-state index in [0.29, 0.717) is 6.61 Å². The first kappa shape index (κ1) is 11.9. The van der Waals surface area contributed by atoms with Gasteiger partial charge in [0, 0.05) is 11.8 Å². The van der Waals surface area contributed by atoms with Crippen LogP contribution in [0.15, 0.2) is 24.3 Å². The van der Waals surface area contributed by atoms with Crippen molar-refractivity contribution in [1.29, 1.82) is 0 Å². The van der Waals surface area contributed by atoms with Crippen molar-refractivity contribution >= 4 is 11.6 Å². The monoisotopic (exact) mass is 234 g/mol. The van der Waals surface area contributed by atoms with Crippen molar-refractivity contribution in [2.75, 3.05) is 11.9 Å². The van der Waals surface area contributed by atoms with E-state index in [-0.39, 0.29) is 5.91 Å². The van der Waals surface area contributed by atoms with E-state index in [9.17, 15) is 4.79 Å². The topological polar surface area (TPSA) is 64.3 Å². The highest BCUT2D eigenvalue weighted by Gasteiger charge is 2.40. The number of amides is 1. The number of carbonyl (C=O) groups is 1. The van der Waals surface area contributed by atoms with Gasteiger partial charge in [0.15, 0.2) is 0 Å². The third kappa shape index (κ3) is 2.58. The van der Waals surface area contributed by atoms with E-state index in [2.05, 4.69) is 5.32 Å². The lowest BCUT2D eigenvalue weighted by Crippen LogP contribution is -2.56. The van der Waals surface area contributed by atoms with Crippen LogP contribution in [-0.4, -0.2) is 18.1 Å². The molecule has 0 heterocycles. The van der Waals surface area contributed by atoms with Crippen LogP contribution in [0.3, 0.4) is 0 Å². The largest absolute Gasteiger partial charge is 0.494 e. The molecular weight excluding hydrogens is 216 g/mol. The maximum absolute atomic E-state index is 11.9. The van der Waals surface area contributed by atoms with E-state index >= 15 is 0 Å². The predicted octanol–water partition coefficient (Wildman–Crippen LogP) is 1.91. The summed E-state index contributed by atoms with van der Waals surface area (Å²) in [5, 5.41) is 2.84. The molecule has 1 aromatic carbocycles. The van der Waals surface area contributed by atoms with Crippen molar-refractivity contribution in [2.45, 2.75) is 31.7 Å². The third-order valence-corrected chi connectivity index (χ3v) is 3.10. The molecule has 0 aliphatic heterocycles. The first-order valence-corrected chi connectivity index (χ1v) is 5.97. The zero-order valence-electron chi connectivity index (χ0n) is 10.0. The number of rotatable bonds is 4. The van der Waals surface area contributed by atoms with Gasteiger partial charge in [-0.2, -0.15) is 0 Å². The lowest BCUT2D eigenvalue weighted by Gasteiger charge is -2.36. The molecule has 1 fully saturated rings. The van der Waals surface area contributed by atoms with Crippen molar-refractivity contribution in [2.24, 2.45) is 5.73 Å². The number of hydrogen-bond donors (Lipinski definition) is 2. The average molecular weight is 234 g/mol. The highest BCUT2D eigenvalue weighted by atomic mass is 16.5. The molecule has 17 heavy (non-hydrogen) atoms. The molecule has 1 amide bonds. The van der Waals surface area contributed by atoms with E-state index in [0.717, 1.165) is 30.7 Å². The Morgan fingerprint density at radius 2 is 2.29 bits per heavy atom. The van der Waals surface area contributed by atoms with Crippen LogP contribution < -0.4 is 15.8 Å². The van der Waals surface area contributed by atoms with Crippen molar-refractivity contribution in [1.82, 2.24) is 0 Å². The summed E-state index contributed by atoms with van der Waals surface area (Å²) >= 11 is 0. The molecule has 1 aromatic rings. The first-order valence-electron chi connectivity index (χ1n) is 5.97. The minimum atomic E-state index is -0.665. The molecule has 0 saturated heterocycles. The molecule has 1 saturated carbocycles. The molecule has 4 nitrogen and oxygen atoms in total. The Balaban J connectivity index is 2.02. The summed E-state index contributed by atoms with van der Waals surface area (Å²) in [7, 11) is 0. The Morgan fingerprint density at radius 1 is 1.53 bits per heavy atom. The molecule has 2 rings (SSSR count).